The van der Waals surface area contributed by atoms with Gasteiger partial charge in [0.1, 0.15) is 5.82 Å². The highest BCUT2D eigenvalue weighted by Crippen LogP contribution is 2.43. The van der Waals surface area contributed by atoms with E-state index in [2.05, 4.69) is 33.0 Å². The molecule has 0 aliphatic carbocycles. The van der Waals surface area contributed by atoms with Crippen molar-refractivity contribution in [2.75, 3.05) is 11.4 Å². The van der Waals surface area contributed by atoms with Crippen molar-refractivity contribution in [2.24, 2.45) is 0 Å². The lowest BCUT2D eigenvalue weighted by atomic mass is 9.97. The van der Waals surface area contributed by atoms with Gasteiger partial charge in [-0.25, -0.2) is 9.67 Å². The number of hydrogen-bond donors (Lipinski definition) is 1. The Balaban J connectivity index is 1.59. The number of hydrogen-bond acceptors (Lipinski definition) is 3. The Labute approximate surface area is 171 Å². The molecule has 1 aliphatic rings. The number of nitrogens with one attached hydrogen (secondary N) is 1. The van der Waals surface area contributed by atoms with E-state index in [0.717, 1.165) is 42.9 Å². The molecule has 1 atom stereocenters. The molecule has 0 spiro atoms. The van der Waals surface area contributed by atoms with Gasteiger partial charge in [-0.3, -0.25) is 0 Å². The molecule has 2 aromatic heterocycles. The molecule has 1 N–H and O–H groups in total. The number of aromatic amines is 1. The Bertz CT molecular complexity index is 1200. The second kappa shape index (κ2) is 6.62. The van der Waals surface area contributed by atoms with Crippen molar-refractivity contribution in [3.63, 3.8) is 0 Å². The summed E-state index contributed by atoms with van der Waals surface area (Å²) in [5, 5.41) is 4.34. The van der Waals surface area contributed by atoms with Crippen LogP contribution in [-0.4, -0.2) is 26.3 Å². The second-order valence-corrected chi connectivity index (χ2v) is 7.70. The molecule has 30 heavy (non-hydrogen) atoms. The molecular weight excluding hydrogens is 391 g/mol. The molecule has 1 radical (unpaired) electrons. The summed E-state index contributed by atoms with van der Waals surface area (Å²) in [6.07, 6.45) is 0.949. The van der Waals surface area contributed by atoms with Crippen LogP contribution in [0.25, 0.3) is 16.7 Å². The van der Waals surface area contributed by atoms with E-state index in [0.29, 0.717) is 16.9 Å². The summed E-state index contributed by atoms with van der Waals surface area (Å²) in [5.74, 6) is 0.657. The second-order valence-electron chi connectivity index (χ2n) is 7.70. The molecule has 2 aromatic carbocycles. The van der Waals surface area contributed by atoms with Crippen LogP contribution >= 0.6 is 0 Å². The predicted octanol–water partition coefficient (Wildman–Crippen LogP) is 5.08. The van der Waals surface area contributed by atoms with Gasteiger partial charge in [0.05, 0.1) is 33.5 Å². The number of H-pyrrole nitrogens is 1. The molecule has 0 unspecified atom stereocenters. The number of alkyl halides is 3. The lowest BCUT2D eigenvalue weighted by Crippen LogP contribution is -2.40. The van der Waals surface area contributed by atoms with Gasteiger partial charge in [0.15, 0.2) is 0 Å². The number of fused-ring (bicyclic) bond motifs is 1. The minimum atomic E-state index is -4.39. The third-order valence-electron chi connectivity index (χ3n) is 5.80. The molecule has 1 saturated heterocycles. The first kappa shape index (κ1) is 18.7. The van der Waals surface area contributed by atoms with Crippen LogP contribution in [0.5, 0.6) is 0 Å². The summed E-state index contributed by atoms with van der Waals surface area (Å²) < 4.78 is 41.1. The fourth-order valence-electron chi connectivity index (χ4n) is 4.25. The first-order chi connectivity index (χ1) is 14.4. The fraction of sp³-hybridized carbons (Fsp3) is 0.273. The third kappa shape index (κ3) is 2.94. The molecular formula is C22H19F3N5. The maximum Gasteiger partial charge on any atom is 0.416 e. The number of para-hydroxylation sites is 1. The zero-order chi connectivity index (χ0) is 20.9. The Kier molecular flexibility index (Phi) is 4.13. The van der Waals surface area contributed by atoms with Gasteiger partial charge in [-0.2, -0.15) is 18.3 Å². The molecule has 4 aromatic rings. The Morgan fingerprint density at radius 1 is 1.20 bits per heavy atom. The van der Waals surface area contributed by atoms with Gasteiger partial charge in [0.2, 0.25) is 0 Å². The number of imidazole rings is 1. The smallest absolute Gasteiger partial charge is 0.357 e. The minimum Gasteiger partial charge on any atom is -0.357 e. The zero-order valence-corrected chi connectivity index (χ0v) is 16.2. The molecule has 1 aliphatic heterocycles. The van der Waals surface area contributed by atoms with Gasteiger partial charge in [-0.1, -0.05) is 12.1 Å². The van der Waals surface area contributed by atoms with Crippen LogP contribution in [0.3, 0.4) is 0 Å². The standard InChI is InChI=1S/C22H19F3N5/c1-21(20-27-16-9-8-15(22(23,24)25)14-17(16)28-20)10-4-12-29(21)18-6-2-3-7-19(18)30-13-5-11-26-30/h2-3,5-6,8-9,11,13-14H,4,10,12H2,1H3,(H,27,28)/t21-/m0/s1. The van der Waals surface area contributed by atoms with E-state index >= 15 is 0 Å². The molecule has 1 fully saturated rings. The van der Waals surface area contributed by atoms with E-state index in [1.54, 1.807) is 10.9 Å². The Morgan fingerprint density at radius 2 is 2.07 bits per heavy atom. The lowest BCUT2D eigenvalue weighted by molar-refractivity contribution is -0.137. The van der Waals surface area contributed by atoms with Gasteiger partial charge in [0, 0.05) is 25.0 Å². The quantitative estimate of drug-likeness (QED) is 0.512. The van der Waals surface area contributed by atoms with Crippen molar-refractivity contribution in [2.45, 2.75) is 31.5 Å². The number of halogens is 3. The molecule has 0 bridgehead atoms. The van der Waals surface area contributed by atoms with Gasteiger partial charge < -0.3 is 9.88 Å². The number of aromatic nitrogens is 4. The van der Waals surface area contributed by atoms with Crippen LogP contribution in [0, 0.1) is 6.07 Å². The topological polar surface area (TPSA) is 49.7 Å². The van der Waals surface area contributed by atoms with E-state index in [-0.39, 0.29) is 0 Å². The van der Waals surface area contributed by atoms with Crippen molar-refractivity contribution < 1.29 is 13.2 Å². The third-order valence-corrected chi connectivity index (χ3v) is 5.80. The lowest BCUT2D eigenvalue weighted by Gasteiger charge is -2.36. The van der Waals surface area contributed by atoms with Gasteiger partial charge in [-0.05, 0) is 50.1 Å². The van der Waals surface area contributed by atoms with Gasteiger partial charge in [0.25, 0.3) is 0 Å². The van der Waals surface area contributed by atoms with Crippen LogP contribution in [-0.2, 0) is 11.7 Å². The molecule has 8 heteroatoms. The van der Waals surface area contributed by atoms with E-state index in [1.807, 2.05) is 30.5 Å². The fourth-order valence-corrected chi connectivity index (χ4v) is 4.25. The van der Waals surface area contributed by atoms with Crippen LogP contribution in [0.2, 0.25) is 0 Å². The SMILES string of the molecule is C[C@@]1(c2nc3cc(C(F)(F)F)ccc3[nH]2)CCCN1c1ccc[c]c1-n1cccn1. The van der Waals surface area contributed by atoms with Gasteiger partial charge in [-0.15, -0.1) is 0 Å². The average Bonchev–Trinajstić information content (AvgIpc) is 3.46. The van der Waals surface area contributed by atoms with Crippen molar-refractivity contribution in [3.8, 4) is 5.69 Å². The minimum absolute atomic E-state index is 0.319. The molecule has 5 rings (SSSR count). The summed E-state index contributed by atoms with van der Waals surface area (Å²) in [5.41, 5.74) is 1.51. The molecule has 3 heterocycles. The van der Waals surface area contributed by atoms with E-state index < -0.39 is 17.3 Å². The van der Waals surface area contributed by atoms with Crippen LogP contribution in [0.4, 0.5) is 18.9 Å². The summed E-state index contributed by atoms with van der Waals surface area (Å²) in [6.45, 7) is 2.87. The van der Waals surface area contributed by atoms with Crippen LogP contribution in [0.15, 0.2) is 54.9 Å². The maximum atomic E-state index is 13.1. The van der Waals surface area contributed by atoms with Crippen LogP contribution in [0.1, 0.15) is 31.2 Å². The first-order valence-corrected chi connectivity index (χ1v) is 9.72. The highest BCUT2D eigenvalue weighted by atomic mass is 19.4. The maximum absolute atomic E-state index is 13.1. The molecule has 0 amide bonds. The molecule has 0 saturated carbocycles. The summed E-state index contributed by atoms with van der Waals surface area (Å²) in [4.78, 5) is 10.1. The first-order valence-electron chi connectivity index (χ1n) is 9.72. The summed E-state index contributed by atoms with van der Waals surface area (Å²) in [7, 11) is 0. The average molecular weight is 410 g/mol. The van der Waals surface area contributed by atoms with Gasteiger partial charge >= 0.3 is 6.18 Å². The Hall–Kier alpha value is -3.29. The predicted molar refractivity (Wildman–Crippen MR) is 107 cm³/mol. The number of nitrogens with zero attached hydrogens (tertiary/aromatic N) is 4. The summed E-state index contributed by atoms with van der Waals surface area (Å²) in [6, 6.07) is 14.5. The van der Waals surface area contributed by atoms with Crippen molar-refractivity contribution in [3.05, 3.63) is 72.3 Å². The van der Waals surface area contributed by atoms with E-state index in [4.69, 9.17) is 0 Å². The Morgan fingerprint density at radius 3 is 2.83 bits per heavy atom. The normalized spacial score (nSPS) is 19.7. The van der Waals surface area contributed by atoms with Crippen molar-refractivity contribution in [1.82, 2.24) is 19.7 Å². The highest BCUT2D eigenvalue weighted by molar-refractivity contribution is 5.77. The zero-order valence-electron chi connectivity index (χ0n) is 16.2. The highest BCUT2D eigenvalue weighted by Gasteiger charge is 2.42. The number of benzene rings is 2. The van der Waals surface area contributed by atoms with Crippen molar-refractivity contribution >= 4 is 16.7 Å². The monoisotopic (exact) mass is 410 g/mol. The van der Waals surface area contributed by atoms with E-state index in [9.17, 15) is 13.2 Å². The number of rotatable bonds is 3. The largest absolute Gasteiger partial charge is 0.416 e. The molecule has 5 nitrogen and oxygen atoms in total. The van der Waals surface area contributed by atoms with Crippen LogP contribution < -0.4 is 4.90 Å². The number of anilines is 1. The summed E-state index contributed by atoms with van der Waals surface area (Å²) >= 11 is 0. The molecule has 153 valence electrons. The van der Waals surface area contributed by atoms with E-state index in [1.165, 1.54) is 6.07 Å². The van der Waals surface area contributed by atoms with Crippen molar-refractivity contribution in [1.29, 1.82) is 0 Å².